The van der Waals surface area contributed by atoms with E-state index in [0.717, 1.165) is 12.1 Å². The minimum absolute atomic E-state index is 0.194. The van der Waals surface area contributed by atoms with Crippen molar-refractivity contribution >= 4 is 5.78 Å². The lowest BCUT2D eigenvalue weighted by Gasteiger charge is -2.25. The first-order valence-electron chi connectivity index (χ1n) is 4.91. The standard InChI is InChI=1S/C11H11F2NO2/c1-16-10-3-8(12)7(2-9(10)13)11(15)6-4-14-5-6/h2-3,6,14H,4-5H2,1H3. The molecular formula is C11H11F2NO2. The first kappa shape index (κ1) is 11.0. The van der Waals surface area contributed by atoms with Crippen LogP contribution in [0.25, 0.3) is 0 Å². The minimum Gasteiger partial charge on any atom is -0.494 e. The van der Waals surface area contributed by atoms with Gasteiger partial charge in [-0.3, -0.25) is 4.79 Å². The predicted octanol–water partition coefficient (Wildman–Crippen LogP) is 1.38. The van der Waals surface area contributed by atoms with Crippen LogP contribution in [0.15, 0.2) is 12.1 Å². The summed E-state index contributed by atoms with van der Waals surface area (Å²) in [5.74, 6) is -2.27. The van der Waals surface area contributed by atoms with Crippen LogP contribution in [0, 0.1) is 17.6 Å². The molecule has 16 heavy (non-hydrogen) atoms. The smallest absolute Gasteiger partial charge is 0.171 e. The van der Waals surface area contributed by atoms with Crippen molar-refractivity contribution in [1.82, 2.24) is 5.32 Å². The maximum Gasteiger partial charge on any atom is 0.171 e. The summed E-state index contributed by atoms with van der Waals surface area (Å²) < 4.78 is 31.4. The van der Waals surface area contributed by atoms with Gasteiger partial charge in [0.15, 0.2) is 17.3 Å². The van der Waals surface area contributed by atoms with Crippen molar-refractivity contribution in [1.29, 1.82) is 0 Å². The van der Waals surface area contributed by atoms with E-state index in [-0.39, 0.29) is 23.0 Å². The molecule has 0 atom stereocenters. The number of nitrogens with one attached hydrogen (secondary N) is 1. The van der Waals surface area contributed by atoms with Crippen molar-refractivity contribution in [2.24, 2.45) is 5.92 Å². The lowest BCUT2D eigenvalue weighted by molar-refractivity contribution is 0.0873. The van der Waals surface area contributed by atoms with E-state index in [1.807, 2.05) is 0 Å². The van der Waals surface area contributed by atoms with E-state index >= 15 is 0 Å². The second kappa shape index (κ2) is 4.17. The molecule has 1 saturated heterocycles. The highest BCUT2D eigenvalue weighted by Crippen LogP contribution is 2.24. The van der Waals surface area contributed by atoms with Crippen molar-refractivity contribution in [3.05, 3.63) is 29.3 Å². The fourth-order valence-corrected chi connectivity index (χ4v) is 1.57. The van der Waals surface area contributed by atoms with Gasteiger partial charge in [-0.25, -0.2) is 8.78 Å². The molecule has 0 spiro atoms. The molecule has 3 nitrogen and oxygen atoms in total. The number of ketones is 1. The Kier molecular flexibility index (Phi) is 2.87. The molecular weight excluding hydrogens is 216 g/mol. The summed E-state index contributed by atoms with van der Waals surface area (Å²) in [5.41, 5.74) is -0.204. The number of ether oxygens (including phenoxy) is 1. The Morgan fingerprint density at radius 1 is 1.38 bits per heavy atom. The summed E-state index contributed by atoms with van der Waals surface area (Å²) >= 11 is 0. The maximum absolute atomic E-state index is 13.5. The van der Waals surface area contributed by atoms with Crippen molar-refractivity contribution < 1.29 is 18.3 Å². The predicted molar refractivity (Wildman–Crippen MR) is 53.6 cm³/mol. The average Bonchev–Trinajstić information content (AvgIpc) is 2.18. The Morgan fingerprint density at radius 3 is 2.56 bits per heavy atom. The fraction of sp³-hybridized carbons (Fsp3) is 0.364. The monoisotopic (exact) mass is 227 g/mol. The molecule has 1 N–H and O–H groups in total. The lowest BCUT2D eigenvalue weighted by atomic mass is 9.92. The topological polar surface area (TPSA) is 38.3 Å². The third kappa shape index (κ3) is 1.78. The number of Topliss-reactive ketones (excluding diaryl/α,β-unsaturated/α-hetero) is 1. The first-order chi connectivity index (χ1) is 7.63. The Bertz CT molecular complexity index is 430. The molecule has 0 aliphatic carbocycles. The van der Waals surface area contributed by atoms with Gasteiger partial charge in [0.25, 0.3) is 0 Å². The molecule has 2 rings (SSSR count). The summed E-state index contributed by atoms with van der Waals surface area (Å²) in [5, 5.41) is 2.91. The Labute approximate surface area is 91.4 Å². The minimum atomic E-state index is -0.741. The number of carbonyl (C=O) groups excluding carboxylic acids is 1. The Balaban J connectivity index is 2.33. The van der Waals surface area contributed by atoms with Crippen LogP contribution in [-0.4, -0.2) is 26.0 Å². The molecule has 0 bridgehead atoms. The summed E-state index contributed by atoms with van der Waals surface area (Å²) in [6.07, 6.45) is 0. The molecule has 1 aromatic carbocycles. The summed E-state index contributed by atoms with van der Waals surface area (Å²) in [4.78, 5) is 11.7. The molecule has 1 aliphatic rings. The van der Waals surface area contributed by atoms with Crippen LogP contribution in [0.4, 0.5) is 8.78 Å². The van der Waals surface area contributed by atoms with Gasteiger partial charge in [0, 0.05) is 25.1 Å². The Hall–Kier alpha value is -1.49. The van der Waals surface area contributed by atoms with E-state index in [9.17, 15) is 13.6 Å². The largest absolute Gasteiger partial charge is 0.494 e. The summed E-state index contributed by atoms with van der Waals surface area (Å²) in [6.45, 7) is 1.04. The van der Waals surface area contributed by atoms with Crippen LogP contribution in [0.2, 0.25) is 0 Å². The highest BCUT2D eigenvalue weighted by molar-refractivity contribution is 5.99. The fourth-order valence-electron chi connectivity index (χ4n) is 1.57. The SMILES string of the molecule is COc1cc(F)c(C(=O)C2CNC2)cc1F. The third-order valence-electron chi connectivity index (χ3n) is 2.66. The number of hydrogen-bond acceptors (Lipinski definition) is 3. The van der Waals surface area contributed by atoms with Gasteiger partial charge in [-0.15, -0.1) is 0 Å². The maximum atomic E-state index is 13.5. The molecule has 0 amide bonds. The number of rotatable bonds is 3. The van der Waals surface area contributed by atoms with Crippen LogP contribution in [0.1, 0.15) is 10.4 Å². The molecule has 0 radical (unpaired) electrons. The van der Waals surface area contributed by atoms with Crippen LogP contribution >= 0.6 is 0 Å². The van der Waals surface area contributed by atoms with Gasteiger partial charge in [-0.05, 0) is 6.07 Å². The van der Waals surface area contributed by atoms with Crippen molar-refractivity contribution in [3.63, 3.8) is 0 Å². The van der Waals surface area contributed by atoms with E-state index in [1.54, 1.807) is 0 Å². The molecule has 0 aromatic heterocycles. The van der Waals surface area contributed by atoms with Crippen LogP contribution in [0.3, 0.4) is 0 Å². The van der Waals surface area contributed by atoms with Crippen molar-refractivity contribution in [2.45, 2.75) is 0 Å². The highest BCUT2D eigenvalue weighted by atomic mass is 19.1. The number of methoxy groups -OCH3 is 1. The Morgan fingerprint density at radius 2 is 2.06 bits per heavy atom. The van der Waals surface area contributed by atoms with E-state index < -0.39 is 11.6 Å². The molecule has 0 unspecified atom stereocenters. The van der Waals surface area contributed by atoms with Gasteiger partial charge in [0.1, 0.15) is 5.82 Å². The summed E-state index contributed by atoms with van der Waals surface area (Å²) in [6, 6.07) is 1.80. The van der Waals surface area contributed by atoms with Gasteiger partial charge >= 0.3 is 0 Å². The van der Waals surface area contributed by atoms with Gasteiger partial charge < -0.3 is 10.1 Å². The quantitative estimate of drug-likeness (QED) is 0.793. The molecule has 86 valence electrons. The second-order valence-electron chi connectivity index (χ2n) is 3.69. The van der Waals surface area contributed by atoms with Gasteiger partial charge in [-0.2, -0.15) is 0 Å². The molecule has 1 heterocycles. The second-order valence-corrected chi connectivity index (χ2v) is 3.69. The number of carbonyl (C=O) groups is 1. The number of halogens is 2. The van der Waals surface area contributed by atoms with Crippen molar-refractivity contribution in [2.75, 3.05) is 20.2 Å². The first-order valence-corrected chi connectivity index (χ1v) is 4.91. The van der Waals surface area contributed by atoms with Crippen molar-refractivity contribution in [3.8, 4) is 5.75 Å². The zero-order valence-electron chi connectivity index (χ0n) is 8.72. The molecule has 5 heteroatoms. The van der Waals surface area contributed by atoms with Gasteiger partial charge in [0.2, 0.25) is 0 Å². The number of benzene rings is 1. The highest BCUT2D eigenvalue weighted by Gasteiger charge is 2.28. The van der Waals surface area contributed by atoms with Crippen LogP contribution in [-0.2, 0) is 0 Å². The lowest BCUT2D eigenvalue weighted by Crippen LogP contribution is -2.46. The van der Waals surface area contributed by atoms with E-state index in [4.69, 9.17) is 0 Å². The van der Waals surface area contributed by atoms with Gasteiger partial charge in [0.05, 0.1) is 12.7 Å². The third-order valence-corrected chi connectivity index (χ3v) is 2.66. The van der Waals surface area contributed by atoms with Crippen LogP contribution < -0.4 is 10.1 Å². The zero-order valence-corrected chi connectivity index (χ0v) is 8.72. The molecule has 1 fully saturated rings. The van der Waals surface area contributed by atoms with E-state index in [2.05, 4.69) is 10.1 Å². The normalized spacial score (nSPS) is 15.7. The van der Waals surface area contributed by atoms with E-state index in [0.29, 0.717) is 13.1 Å². The molecule has 1 aromatic rings. The zero-order chi connectivity index (χ0) is 11.7. The number of hydrogen-bond donors (Lipinski definition) is 1. The summed E-state index contributed by atoms with van der Waals surface area (Å²) in [7, 11) is 1.25. The van der Waals surface area contributed by atoms with Crippen LogP contribution in [0.5, 0.6) is 5.75 Å². The molecule has 1 aliphatic heterocycles. The average molecular weight is 227 g/mol. The van der Waals surface area contributed by atoms with E-state index in [1.165, 1.54) is 7.11 Å². The molecule has 0 saturated carbocycles. The van der Waals surface area contributed by atoms with Gasteiger partial charge in [-0.1, -0.05) is 0 Å².